The van der Waals surface area contributed by atoms with E-state index in [4.69, 9.17) is 0 Å². The van der Waals surface area contributed by atoms with Gasteiger partial charge in [-0.3, -0.25) is 19.3 Å². The van der Waals surface area contributed by atoms with Crippen LogP contribution in [0.5, 0.6) is 0 Å². The largest absolute Gasteiger partial charge is 0.416 e. The third kappa shape index (κ3) is 4.61. The molecular formula is C23H22F3N3O3. The zero-order chi connectivity index (χ0) is 22.9. The van der Waals surface area contributed by atoms with Crippen LogP contribution >= 0.6 is 0 Å². The molecule has 0 saturated carbocycles. The van der Waals surface area contributed by atoms with Crippen LogP contribution in [0.3, 0.4) is 0 Å². The number of nitrogens with zero attached hydrogens (tertiary/aromatic N) is 3. The van der Waals surface area contributed by atoms with Crippen molar-refractivity contribution in [3.63, 3.8) is 0 Å². The summed E-state index contributed by atoms with van der Waals surface area (Å²) >= 11 is 0. The third-order valence-corrected chi connectivity index (χ3v) is 5.80. The van der Waals surface area contributed by atoms with Crippen molar-refractivity contribution in [1.29, 1.82) is 0 Å². The van der Waals surface area contributed by atoms with Crippen molar-refractivity contribution in [2.24, 2.45) is 0 Å². The molecule has 2 aliphatic rings. The molecule has 0 N–H and O–H groups in total. The van der Waals surface area contributed by atoms with Crippen LogP contribution in [-0.2, 0) is 22.3 Å². The summed E-state index contributed by atoms with van der Waals surface area (Å²) in [6.07, 6.45) is -3.92. The first-order valence-electron chi connectivity index (χ1n) is 10.4. The first-order chi connectivity index (χ1) is 15.2. The molecule has 6 nitrogen and oxygen atoms in total. The SMILES string of the molecule is O=C(c1ccc(CN2C(=O)CCC2=O)cc1)N1CCN(c2cccc(C(F)(F)F)c2)CC1. The highest BCUT2D eigenvalue weighted by Crippen LogP contribution is 2.32. The van der Waals surface area contributed by atoms with Gasteiger partial charge in [-0.15, -0.1) is 0 Å². The van der Waals surface area contributed by atoms with Crippen molar-refractivity contribution >= 4 is 23.4 Å². The smallest absolute Gasteiger partial charge is 0.368 e. The Morgan fingerprint density at radius 2 is 1.50 bits per heavy atom. The Hall–Kier alpha value is -3.36. The number of amides is 3. The minimum Gasteiger partial charge on any atom is -0.368 e. The quantitative estimate of drug-likeness (QED) is 0.678. The lowest BCUT2D eigenvalue weighted by Crippen LogP contribution is -2.48. The van der Waals surface area contributed by atoms with Crippen LogP contribution in [0, 0.1) is 0 Å². The molecule has 0 radical (unpaired) electrons. The van der Waals surface area contributed by atoms with Gasteiger partial charge in [0.1, 0.15) is 0 Å². The first kappa shape index (κ1) is 21.9. The molecule has 0 aromatic heterocycles. The summed E-state index contributed by atoms with van der Waals surface area (Å²) < 4.78 is 38.9. The fourth-order valence-corrected chi connectivity index (χ4v) is 3.96. The summed E-state index contributed by atoms with van der Waals surface area (Å²) in [7, 11) is 0. The fourth-order valence-electron chi connectivity index (χ4n) is 3.96. The minimum absolute atomic E-state index is 0.159. The van der Waals surface area contributed by atoms with Crippen molar-refractivity contribution < 1.29 is 27.6 Å². The van der Waals surface area contributed by atoms with Gasteiger partial charge in [-0.1, -0.05) is 18.2 Å². The van der Waals surface area contributed by atoms with E-state index in [2.05, 4.69) is 0 Å². The molecule has 2 heterocycles. The summed E-state index contributed by atoms with van der Waals surface area (Å²) in [6.45, 7) is 1.86. The van der Waals surface area contributed by atoms with Crippen molar-refractivity contribution in [3.05, 3.63) is 65.2 Å². The first-order valence-corrected chi connectivity index (χ1v) is 10.4. The van der Waals surface area contributed by atoms with Crippen LogP contribution in [0.25, 0.3) is 0 Å². The van der Waals surface area contributed by atoms with Crippen molar-refractivity contribution in [2.75, 3.05) is 31.1 Å². The molecule has 4 rings (SSSR count). The van der Waals surface area contributed by atoms with Gasteiger partial charge in [-0.05, 0) is 35.9 Å². The lowest BCUT2D eigenvalue weighted by atomic mass is 10.1. The van der Waals surface area contributed by atoms with E-state index in [1.165, 1.54) is 11.0 Å². The number of rotatable bonds is 4. The summed E-state index contributed by atoms with van der Waals surface area (Å²) in [5.74, 6) is -0.531. The second-order valence-corrected chi connectivity index (χ2v) is 7.90. The van der Waals surface area contributed by atoms with Gasteiger partial charge >= 0.3 is 6.18 Å². The van der Waals surface area contributed by atoms with Crippen LogP contribution in [0.2, 0.25) is 0 Å². The molecular weight excluding hydrogens is 423 g/mol. The van der Waals surface area contributed by atoms with E-state index in [1.807, 2.05) is 4.90 Å². The van der Waals surface area contributed by atoms with Gasteiger partial charge in [-0.2, -0.15) is 13.2 Å². The maximum absolute atomic E-state index is 13.0. The average molecular weight is 445 g/mol. The molecule has 2 fully saturated rings. The van der Waals surface area contributed by atoms with E-state index in [0.29, 0.717) is 37.4 Å². The molecule has 2 aliphatic heterocycles. The van der Waals surface area contributed by atoms with Crippen molar-refractivity contribution in [2.45, 2.75) is 25.6 Å². The number of piperazine rings is 1. The lowest BCUT2D eigenvalue weighted by molar-refractivity contribution is -0.139. The highest BCUT2D eigenvalue weighted by atomic mass is 19.4. The Balaban J connectivity index is 1.35. The molecule has 168 valence electrons. The normalized spacial score (nSPS) is 17.3. The standard InChI is InChI=1S/C23H22F3N3O3/c24-23(25,26)18-2-1-3-19(14-18)27-10-12-28(13-11-27)22(32)17-6-4-16(5-7-17)15-29-20(30)8-9-21(29)31/h1-7,14H,8-13,15H2. The highest BCUT2D eigenvalue weighted by molar-refractivity contribution is 6.01. The highest BCUT2D eigenvalue weighted by Gasteiger charge is 2.31. The zero-order valence-electron chi connectivity index (χ0n) is 17.3. The number of anilines is 1. The number of carbonyl (C=O) groups excluding carboxylic acids is 3. The molecule has 0 bridgehead atoms. The molecule has 0 atom stereocenters. The predicted octanol–water partition coefficient (Wildman–Crippen LogP) is 3.32. The van der Waals surface area contributed by atoms with Crippen molar-refractivity contribution in [1.82, 2.24) is 9.80 Å². The maximum Gasteiger partial charge on any atom is 0.416 e. The van der Waals surface area contributed by atoms with Gasteiger partial charge in [0.05, 0.1) is 12.1 Å². The predicted molar refractivity (Wildman–Crippen MR) is 111 cm³/mol. The summed E-state index contributed by atoms with van der Waals surface area (Å²) in [5.41, 5.74) is 1.05. The van der Waals surface area contributed by atoms with E-state index >= 15 is 0 Å². The van der Waals surface area contributed by atoms with Crippen LogP contribution < -0.4 is 4.90 Å². The number of likely N-dealkylation sites (tertiary alicyclic amines) is 1. The average Bonchev–Trinajstić information content (AvgIpc) is 3.11. The summed E-state index contributed by atoms with van der Waals surface area (Å²) in [5, 5.41) is 0. The number of imide groups is 1. The molecule has 32 heavy (non-hydrogen) atoms. The molecule has 0 spiro atoms. The van der Waals surface area contributed by atoms with Crippen LogP contribution in [0.4, 0.5) is 18.9 Å². The van der Waals surface area contributed by atoms with Crippen LogP contribution in [-0.4, -0.2) is 53.7 Å². The Kier molecular flexibility index (Phi) is 5.90. The lowest BCUT2D eigenvalue weighted by Gasteiger charge is -2.36. The van der Waals surface area contributed by atoms with Gasteiger partial charge in [0.25, 0.3) is 5.91 Å². The molecule has 2 aromatic rings. The van der Waals surface area contributed by atoms with Gasteiger partial charge in [0.15, 0.2) is 0 Å². The van der Waals surface area contributed by atoms with E-state index < -0.39 is 11.7 Å². The van der Waals surface area contributed by atoms with Crippen molar-refractivity contribution in [3.8, 4) is 0 Å². The molecule has 0 aliphatic carbocycles. The van der Waals surface area contributed by atoms with E-state index in [9.17, 15) is 27.6 Å². The maximum atomic E-state index is 13.0. The summed E-state index contributed by atoms with van der Waals surface area (Å²) in [4.78, 5) is 41.1. The molecule has 9 heteroatoms. The monoisotopic (exact) mass is 445 g/mol. The second kappa shape index (κ2) is 8.64. The van der Waals surface area contributed by atoms with Gasteiger partial charge in [-0.25, -0.2) is 0 Å². The Morgan fingerprint density at radius 1 is 0.875 bits per heavy atom. The number of benzene rings is 2. The fraction of sp³-hybridized carbons (Fsp3) is 0.348. The van der Waals surface area contributed by atoms with E-state index in [0.717, 1.165) is 17.7 Å². The molecule has 2 saturated heterocycles. The van der Waals surface area contributed by atoms with E-state index in [1.54, 1.807) is 35.2 Å². The van der Waals surface area contributed by atoms with Gasteiger partial charge in [0, 0.05) is 50.3 Å². The molecule has 2 aromatic carbocycles. The molecule has 3 amide bonds. The topological polar surface area (TPSA) is 60.9 Å². The van der Waals surface area contributed by atoms with E-state index in [-0.39, 0.29) is 37.1 Å². The van der Waals surface area contributed by atoms with Crippen LogP contribution in [0.1, 0.15) is 34.3 Å². The van der Waals surface area contributed by atoms with Crippen LogP contribution in [0.15, 0.2) is 48.5 Å². The minimum atomic E-state index is -4.39. The van der Waals surface area contributed by atoms with Gasteiger partial charge in [0.2, 0.25) is 11.8 Å². The number of hydrogen-bond acceptors (Lipinski definition) is 4. The Labute approximate surface area is 183 Å². The van der Waals surface area contributed by atoms with Gasteiger partial charge < -0.3 is 9.80 Å². The molecule has 0 unspecified atom stereocenters. The number of carbonyl (C=O) groups is 3. The third-order valence-electron chi connectivity index (χ3n) is 5.80. The Morgan fingerprint density at radius 3 is 2.09 bits per heavy atom. The second-order valence-electron chi connectivity index (χ2n) is 7.90. The zero-order valence-corrected chi connectivity index (χ0v) is 17.3. The number of alkyl halides is 3. The number of halogens is 3. The number of hydrogen-bond donors (Lipinski definition) is 0. The Bertz CT molecular complexity index is 1010. The summed E-state index contributed by atoms with van der Waals surface area (Å²) in [6, 6.07) is 12.0.